The number of hydrogen-bond donors (Lipinski definition) is 1. The zero-order chi connectivity index (χ0) is 26.0. The summed E-state index contributed by atoms with van der Waals surface area (Å²) in [5.74, 6) is -0.726. The van der Waals surface area contributed by atoms with Crippen molar-refractivity contribution in [3.63, 3.8) is 0 Å². The minimum absolute atomic E-state index is 0.118. The molecule has 1 N–H and O–H groups in total. The lowest BCUT2D eigenvalue weighted by atomic mass is 10.2. The molecule has 0 saturated heterocycles. The predicted molar refractivity (Wildman–Crippen MR) is 136 cm³/mol. The minimum Gasteiger partial charge on any atom is -0.466 e. The molecule has 3 rings (SSSR count). The van der Waals surface area contributed by atoms with Gasteiger partial charge >= 0.3 is 11.9 Å². The van der Waals surface area contributed by atoms with Crippen LogP contribution in [0.2, 0.25) is 0 Å². The lowest BCUT2D eigenvalue weighted by Gasteiger charge is -2.27. The number of fused-ring (bicyclic) bond motifs is 1. The highest BCUT2D eigenvalue weighted by molar-refractivity contribution is 7.89. The average Bonchev–Trinajstić information content (AvgIpc) is 3.09. The first-order valence-electron chi connectivity index (χ1n) is 11.6. The van der Waals surface area contributed by atoms with Crippen molar-refractivity contribution < 1.29 is 27.5 Å². The smallest absolute Gasteiger partial charge is 0.321 e. The number of rotatable bonds is 9. The van der Waals surface area contributed by atoms with Crippen molar-refractivity contribution in [2.45, 2.75) is 51.7 Å². The van der Waals surface area contributed by atoms with Gasteiger partial charge in [-0.2, -0.15) is 4.72 Å². The molecule has 1 aliphatic heterocycles. The molecular formula is C25H35N3O6S. The summed E-state index contributed by atoms with van der Waals surface area (Å²) < 4.78 is 36.2. The summed E-state index contributed by atoms with van der Waals surface area (Å²) in [7, 11) is -1.69. The summed E-state index contributed by atoms with van der Waals surface area (Å²) in [6.45, 7) is 8.37. The van der Waals surface area contributed by atoms with Gasteiger partial charge in [0.15, 0.2) is 0 Å². The highest BCUT2D eigenvalue weighted by Gasteiger charge is 2.29. The molecule has 0 spiro atoms. The van der Waals surface area contributed by atoms with Crippen LogP contribution >= 0.6 is 0 Å². The van der Waals surface area contributed by atoms with Gasteiger partial charge in [0.05, 0.1) is 35.6 Å². The third kappa shape index (κ3) is 7.69. The van der Waals surface area contributed by atoms with Gasteiger partial charge in [-0.1, -0.05) is 31.2 Å². The van der Waals surface area contributed by atoms with E-state index in [2.05, 4.69) is 45.4 Å². The molecule has 192 valence electrons. The second-order valence-corrected chi connectivity index (χ2v) is 9.56. The average molecular weight is 506 g/mol. The summed E-state index contributed by atoms with van der Waals surface area (Å²) in [5.41, 5.74) is 3.34. The molecule has 0 aromatic heterocycles. The first-order valence-corrected chi connectivity index (χ1v) is 13.1. The van der Waals surface area contributed by atoms with Crippen LogP contribution in [0.3, 0.4) is 0 Å². The number of nitrogens with one attached hydrogen (secondary N) is 1. The maximum Gasteiger partial charge on any atom is 0.321 e. The molecule has 0 saturated carbocycles. The normalized spacial score (nSPS) is 14.6. The molecule has 2 aromatic carbocycles. The van der Waals surface area contributed by atoms with Gasteiger partial charge in [-0.25, -0.2) is 8.42 Å². The van der Waals surface area contributed by atoms with E-state index in [4.69, 9.17) is 4.74 Å². The van der Waals surface area contributed by atoms with Crippen molar-refractivity contribution >= 4 is 33.3 Å². The summed E-state index contributed by atoms with van der Waals surface area (Å²) >= 11 is 0. The molecule has 2 aromatic rings. The Balaban J connectivity index is 0.000000540. The van der Waals surface area contributed by atoms with Gasteiger partial charge in [0.2, 0.25) is 10.0 Å². The number of benzene rings is 2. The number of nitrogens with zero attached hydrogens (tertiary/aromatic N) is 2. The van der Waals surface area contributed by atoms with Gasteiger partial charge in [0, 0.05) is 20.0 Å². The molecule has 1 heterocycles. The number of carbonyl (C=O) groups is 2. The Hall–Kier alpha value is -3.11. The molecule has 10 heteroatoms. The van der Waals surface area contributed by atoms with E-state index in [1.54, 1.807) is 45.0 Å². The van der Waals surface area contributed by atoms with E-state index in [0.29, 0.717) is 19.6 Å². The van der Waals surface area contributed by atoms with Crippen molar-refractivity contribution in [3.05, 3.63) is 54.1 Å². The van der Waals surface area contributed by atoms with Gasteiger partial charge in [0.1, 0.15) is 6.54 Å². The SMILES string of the molecule is CCOC(=O)CC.CCOC(=O)CNS(=O)(=O)c1ccc(CN2c3ccccc3N(C)C2C)cc1. The molecule has 1 unspecified atom stereocenters. The number of esters is 2. The van der Waals surface area contributed by atoms with E-state index in [0.717, 1.165) is 11.3 Å². The highest BCUT2D eigenvalue weighted by Crippen LogP contribution is 2.39. The number of hydrogen-bond acceptors (Lipinski definition) is 8. The number of anilines is 2. The van der Waals surface area contributed by atoms with Crippen molar-refractivity contribution in [1.82, 2.24) is 4.72 Å². The van der Waals surface area contributed by atoms with E-state index in [1.165, 1.54) is 5.69 Å². The molecule has 35 heavy (non-hydrogen) atoms. The number of para-hydroxylation sites is 2. The van der Waals surface area contributed by atoms with Crippen LogP contribution < -0.4 is 14.5 Å². The van der Waals surface area contributed by atoms with E-state index in [1.807, 2.05) is 12.1 Å². The Kier molecular flexibility index (Phi) is 10.5. The molecule has 1 atom stereocenters. The quantitative estimate of drug-likeness (QED) is 0.518. The third-order valence-electron chi connectivity index (χ3n) is 5.48. The Labute approximate surface area is 208 Å². The molecule has 9 nitrogen and oxygen atoms in total. The van der Waals surface area contributed by atoms with Gasteiger partial charge in [0.25, 0.3) is 0 Å². The lowest BCUT2D eigenvalue weighted by molar-refractivity contribution is -0.143. The largest absolute Gasteiger partial charge is 0.466 e. The van der Waals surface area contributed by atoms with Crippen LogP contribution in [0.15, 0.2) is 53.4 Å². The molecule has 0 fully saturated rings. The van der Waals surface area contributed by atoms with Crippen molar-refractivity contribution in [3.8, 4) is 0 Å². The van der Waals surface area contributed by atoms with E-state index < -0.39 is 16.0 Å². The van der Waals surface area contributed by atoms with E-state index in [-0.39, 0.29) is 30.2 Å². The monoisotopic (exact) mass is 505 g/mol. The topological polar surface area (TPSA) is 105 Å². The zero-order valence-electron chi connectivity index (χ0n) is 21.0. The van der Waals surface area contributed by atoms with Crippen molar-refractivity contribution in [2.75, 3.05) is 36.6 Å². The van der Waals surface area contributed by atoms with Crippen LogP contribution in [0, 0.1) is 0 Å². The van der Waals surface area contributed by atoms with Crippen LogP contribution in [0.1, 0.15) is 39.7 Å². The predicted octanol–water partition coefficient (Wildman–Crippen LogP) is 3.29. The molecule has 0 bridgehead atoms. The fourth-order valence-electron chi connectivity index (χ4n) is 3.52. The van der Waals surface area contributed by atoms with Crippen molar-refractivity contribution in [2.24, 2.45) is 0 Å². The Morgan fingerprint density at radius 2 is 1.49 bits per heavy atom. The zero-order valence-corrected chi connectivity index (χ0v) is 21.8. The minimum atomic E-state index is -3.76. The van der Waals surface area contributed by atoms with Crippen LogP contribution in [0.5, 0.6) is 0 Å². The Bertz CT molecular complexity index is 1090. The van der Waals surface area contributed by atoms with Crippen LogP contribution in [0.4, 0.5) is 11.4 Å². The number of sulfonamides is 1. The van der Waals surface area contributed by atoms with Crippen LogP contribution in [-0.2, 0) is 35.6 Å². The Morgan fingerprint density at radius 1 is 0.914 bits per heavy atom. The van der Waals surface area contributed by atoms with E-state index >= 15 is 0 Å². The first kappa shape index (κ1) is 28.1. The maximum atomic E-state index is 12.3. The molecular weight excluding hydrogens is 470 g/mol. The molecule has 1 aliphatic rings. The van der Waals surface area contributed by atoms with Gasteiger partial charge in [-0.05, 0) is 50.6 Å². The standard InChI is InChI=1S/C20H25N3O4S.C5H10O2/c1-4-27-20(24)13-21-28(25,26)17-11-9-16(10-12-17)14-23-15(2)22(3)18-7-5-6-8-19(18)23;1-3-5(6)7-4-2/h5-12,15,21H,4,13-14H2,1-3H3;3-4H2,1-2H3. The number of ether oxygens (including phenoxy) is 2. The molecule has 0 radical (unpaired) electrons. The molecule has 0 amide bonds. The summed E-state index contributed by atoms with van der Waals surface area (Å²) in [5, 5.41) is 0. The second-order valence-electron chi connectivity index (χ2n) is 7.79. The fourth-order valence-corrected chi connectivity index (χ4v) is 4.49. The maximum absolute atomic E-state index is 12.3. The van der Waals surface area contributed by atoms with Crippen LogP contribution in [-0.4, -0.2) is 53.3 Å². The second kappa shape index (κ2) is 13.1. The highest BCUT2D eigenvalue weighted by atomic mass is 32.2. The summed E-state index contributed by atoms with van der Waals surface area (Å²) in [6, 6.07) is 14.9. The van der Waals surface area contributed by atoms with E-state index in [9.17, 15) is 18.0 Å². The third-order valence-corrected chi connectivity index (χ3v) is 6.89. The van der Waals surface area contributed by atoms with Gasteiger partial charge in [-0.3, -0.25) is 9.59 Å². The first-order chi connectivity index (χ1) is 16.6. The van der Waals surface area contributed by atoms with Gasteiger partial charge in [-0.15, -0.1) is 0 Å². The fraction of sp³-hybridized carbons (Fsp3) is 0.440. The molecule has 0 aliphatic carbocycles. The number of carbonyl (C=O) groups excluding carboxylic acids is 2. The Morgan fingerprint density at radius 3 is 2.03 bits per heavy atom. The van der Waals surface area contributed by atoms with Crippen molar-refractivity contribution in [1.29, 1.82) is 0 Å². The van der Waals surface area contributed by atoms with Crippen LogP contribution in [0.25, 0.3) is 0 Å². The lowest BCUT2D eigenvalue weighted by Crippen LogP contribution is -2.38. The summed E-state index contributed by atoms with van der Waals surface area (Å²) in [6.07, 6.45) is 0.681. The van der Waals surface area contributed by atoms with Gasteiger partial charge < -0.3 is 19.3 Å². The summed E-state index contributed by atoms with van der Waals surface area (Å²) in [4.78, 5) is 26.2.